The number of carbonyl (C=O) groups excluding carboxylic acids is 7. The van der Waals surface area contributed by atoms with Crippen LogP contribution in [0.4, 0.5) is 13.2 Å². The molecular weight excluding hydrogens is 885 g/mol. The molecule has 360 valence electrons. The number of aliphatic hydroxyl groups is 1. The number of nitrogens with one attached hydrogen (secondary N) is 6. The SMILES string of the molecule is Cc1ccccc1C[C@H](NC(=O)[C@@H](COCc1ccccc1)NC(=O)[C@H](CO)NC(=O)Cc1ccccc1Cl)C(=O)N[C@H](C(=O)N[C@@H](CC(C)C)C(=O)NC(C=O)CC(F)(F)F)C(C)(C)C. The molecule has 6 atom stereocenters. The monoisotopic (exact) mass is 944 g/mol. The first-order valence-electron chi connectivity index (χ1n) is 21.3. The van der Waals surface area contributed by atoms with E-state index in [2.05, 4.69) is 26.6 Å². The van der Waals surface area contributed by atoms with Crippen LogP contribution < -0.4 is 31.9 Å². The molecule has 66 heavy (non-hydrogen) atoms. The number of halogens is 4. The van der Waals surface area contributed by atoms with Crippen LogP contribution in [0.15, 0.2) is 78.9 Å². The summed E-state index contributed by atoms with van der Waals surface area (Å²) in [5, 5.41) is 25.4. The number of aldehydes is 1. The number of amides is 6. The lowest BCUT2D eigenvalue weighted by atomic mass is 9.85. The second kappa shape index (κ2) is 25.7. The quantitative estimate of drug-likeness (QED) is 0.0649. The largest absolute Gasteiger partial charge is 0.394 e. The van der Waals surface area contributed by atoms with Crippen molar-refractivity contribution in [2.75, 3.05) is 13.2 Å². The average Bonchev–Trinajstić information content (AvgIpc) is 3.24. The van der Waals surface area contributed by atoms with Gasteiger partial charge in [-0.25, -0.2) is 0 Å². The van der Waals surface area contributed by atoms with Crippen LogP contribution in [0.2, 0.25) is 5.02 Å². The number of hydrogen-bond donors (Lipinski definition) is 7. The summed E-state index contributed by atoms with van der Waals surface area (Å²) >= 11 is 6.20. The second-order valence-electron chi connectivity index (χ2n) is 17.4. The van der Waals surface area contributed by atoms with Gasteiger partial charge in [0.15, 0.2) is 0 Å². The first-order valence-corrected chi connectivity index (χ1v) is 21.7. The van der Waals surface area contributed by atoms with Gasteiger partial charge >= 0.3 is 6.18 Å². The van der Waals surface area contributed by atoms with E-state index in [0.29, 0.717) is 16.1 Å². The van der Waals surface area contributed by atoms with E-state index in [1.54, 1.807) is 120 Å². The Labute approximate surface area is 387 Å². The molecule has 0 saturated heterocycles. The zero-order valence-corrected chi connectivity index (χ0v) is 38.6. The lowest BCUT2D eigenvalue weighted by Gasteiger charge is -2.34. The number of aryl methyl sites for hydroxylation is 1. The van der Waals surface area contributed by atoms with Gasteiger partial charge in [0, 0.05) is 11.4 Å². The minimum Gasteiger partial charge on any atom is -0.394 e. The third-order valence-corrected chi connectivity index (χ3v) is 10.6. The van der Waals surface area contributed by atoms with E-state index in [4.69, 9.17) is 16.3 Å². The number of benzene rings is 3. The average molecular weight is 945 g/mol. The Balaban J connectivity index is 1.93. The number of carbonyl (C=O) groups is 7. The summed E-state index contributed by atoms with van der Waals surface area (Å²) in [6, 6.07) is 13.4. The molecule has 0 fully saturated rings. The van der Waals surface area contributed by atoms with Gasteiger partial charge in [-0.1, -0.05) is 119 Å². The topological polar surface area (TPSA) is 221 Å². The summed E-state index contributed by atoms with van der Waals surface area (Å²) in [6.07, 6.45) is -6.79. The predicted molar refractivity (Wildman–Crippen MR) is 240 cm³/mol. The summed E-state index contributed by atoms with van der Waals surface area (Å²) in [4.78, 5) is 94.1. The van der Waals surface area contributed by atoms with Crippen molar-refractivity contribution >= 4 is 53.3 Å². The maximum absolute atomic E-state index is 14.4. The van der Waals surface area contributed by atoms with Gasteiger partial charge in [0.1, 0.15) is 36.5 Å². The second-order valence-corrected chi connectivity index (χ2v) is 17.8. The molecule has 15 nitrogen and oxygen atoms in total. The number of ether oxygens (including phenoxy) is 1. The van der Waals surface area contributed by atoms with Gasteiger partial charge in [-0.05, 0) is 53.0 Å². The molecule has 0 aromatic heterocycles. The molecule has 19 heteroatoms. The normalized spacial score (nSPS) is 14.4. The third kappa shape index (κ3) is 18.6. The van der Waals surface area contributed by atoms with Gasteiger partial charge < -0.3 is 46.5 Å². The third-order valence-electron chi connectivity index (χ3n) is 10.2. The van der Waals surface area contributed by atoms with Crippen molar-refractivity contribution in [3.05, 3.63) is 106 Å². The van der Waals surface area contributed by atoms with E-state index in [9.17, 15) is 51.8 Å². The molecule has 1 unspecified atom stereocenters. The van der Waals surface area contributed by atoms with E-state index < -0.39 is 103 Å². The predicted octanol–water partition coefficient (Wildman–Crippen LogP) is 3.80. The fourth-order valence-corrected chi connectivity index (χ4v) is 6.86. The Bertz CT molecular complexity index is 2120. The van der Waals surface area contributed by atoms with Gasteiger partial charge in [-0.15, -0.1) is 0 Å². The van der Waals surface area contributed by atoms with Crippen molar-refractivity contribution in [2.24, 2.45) is 11.3 Å². The van der Waals surface area contributed by atoms with Crippen LogP contribution in [-0.2, 0) is 57.7 Å². The summed E-state index contributed by atoms with van der Waals surface area (Å²) in [5.41, 5.74) is 1.54. The van der Waals surface area contributed by atoms with Gasteiger partial charge in [-0.2, -0.15) is 13.2 Å². The number of rotatable bonds is 24. The molecule has 0 aliphatic heterocycles. The van der Waals surface area contributed by atoms with Crippen LogP contribution >= 0.6 is 11.6 Å². The van der Waals surface area contributed by atoms with Crippen molar-refractivity contribution in [1.82, 2.24) is 31.9 Å². The summed E-state index contributed by atoms with van der Waals surface area (Å²) in [6.45, 7) is 8.81. The highest BCUT2D eigenvalue weighted by atomic mass is 35.5. The van der Waals surface area contributed by atoms with Crippen LogP contribution in [0.3, 0.4) is 0 Å². The highest BCUT2D eigenvalue weighted by Gasteiger charge is 2.39. The molecular formula is C47H60ClF3N6O9. The minimum absolute atomic E-state index is 0.0158. The van der Waals surface area contributed by atoms with Crippen LogP contribution in [0.1, 0.15) is 69.7 Å². The maximum atomic E-state index is 14.4. The molecule has 6 amide bonds. The fraction of sp³-hybridized carbons (Fsp3) is 0.468. The Morgan fingerprint density at radius 3 is 1.82 bits per heavy atom. The zero-order valence-electron chi connectivity index (χ0n) is 37.8. The van der Waals surface area contributed by atoms with Crippen LogP contribution in [0.5, 0.6) is 0 Å². The summed E-state index contributed by atoms with van der Waals surface area (Å²) < 4.78 is 45.2. The molecule has 0 radical (unpaired) electrons. The molecule has 0 spiro atoms. The molecule has 7 N–H and O–H groups in total. The first-order chi connectivity index (χ1) is 31.0. The fourth-order valence-electron chi connectivity index (χ4n) is 6.66. The van der Waals surface area contributed by atoms with Gasteiger partial charge in [0.2, 0.25) is 35.4 Å². The van der Waals surface area contributed by atoms with Crippen molar-refractivity contribution in [3.8, 4) is 0 Å². The van der Waals surface area contributed by atoms with E-state index >= 15 is 0 Å². The highest BCUT2D eigenvalue weighted by molar-refractivity contribution is 6.31. The molecule has 3 aromatic carbocycles. The van der Waals surface area contributed by atoms with E-state index in [0.717, 1.165) is 11.1 Å². The molecule has 0 heterocycles. The summed E-state index contributed by atoms with van der Waals surface area (Å²) in [5.74, 6) is -5.51. The number of aliphatic hydroxyl groups excluding tert-OH is 1. The maximum Gasteiger partial charge on any atom is 0.391 e. The standard InChI is InChI=1S/C47H60ClF3N6O9/c1-28(2)20-35(41(61)52-33(24-58)23-47(49,50)51)55-45(65)40(46(4,5)6)57-42(62)36(21-31-17-11-10-14-29(31)3)54-44(64)38(27-66-26-30-15-8-7-9-16-30)56-43(63)37(25-59)53-39(60)22-32-18-12-13-19-34(32)48/h7-19,24,28,33,35-38,40,59H,20-23,25-27H2,1-6H3,(H,52,61)(H,53,60)(H,54,64)(H,55,65)(H,56,63)(H,57,62)/t33?,35-,36-,37-,38+,40+/m0/s1. The van der Waals surface area contributed by atoms with Crippen molar-refractivity contribution in [1.29, 1.82) is 0 Å². The molecule has 0 bridgehead atoms. The van der Waals surface area contributed by atoms with E-state index in [1.165, 1.54) is 0 Å². The number of hydrogen-bond acceptors (Lipinski definition) is 9. The van der Waals surface area contributed by atoms with Crippen LogP contribution in [0.25, 0.3) is 0 Å². The van der Waals surface area contributed by atoms with Gasteiger partial charge in [0.25, 0.3) is 0 Å². The molecule has 3 rings (SSSR count). The Morgan fingerprint density at radius 1 is 0.697 bits per heavy atom. The smallest absolute Gasteiger partial charge is 0.391 e. The van der Waals surface area contributed by atoms with Gasteiger partial charge in [0.05, 0.1) is 38.7 Å². The van der Waals surface area contributed by atoms with Crippen LogP contribution in [-0.4, -0.2) is 102 Å². The Morgan fingerprint density at radius 2 is 1.24 bits per heavy atom. The Hall–Kier alpha value is -5.85. The van der Waals surface area contributed by atoms with Crippen molar-refractivity contribution in [2.45, 2.75) is 116 Å². The molecule has 0 saturated carbocycles. The van der Waals surface area contributed by atoms with Crippen molar-refractivity contribution in [3.63, 3.8) is 0 Å². The minimum atomic E-state index is -4.76. The molecule has 3 aromatic rings. The zero-order chi connectivity index (χ0) is 49.2. The highest BCUT2D eigenvalue weighted by Crippen LogP contribution is 2.23. The number of alkyl halides is 3. The lowest BCUT2D eigenvalue weighted by molar-refractivity contribution is -0.147. The van der Waals surface area contributed by atoms with Crippen LogP contribution in [0, 0.1) is 18.3 Å². The van der Waals surface area contributed by atoms with E-state index in [-0.39, 0.29) is 38.1 Å². The lowest BCUT2D eigenvalue weighted by Crippen LogP contribution is -2.62. The summed E-state index contributed by atoms with van der Waals surface area (Å²) in [7, 11) is 0. The molecule has 0 aliphatic rings. The first kappa shape index (κ1) is 54.5. The van der Waals surface area contributed by atoms with Gasteiger partial charge in [-0.3, -0.25) is 28.8 Å². The molecule has 0 aliphatic carbocycles. The Kier molecular flexibility index (Phi) is 21.2. The van der Waals surface area contributed by atoms with Crippen molar-refractivity contribution < 1.29 is 56.6 Å². The van der Waals surface area contributed by atoms with E-state index in [1.807, 2.05) is 5.32 Å².